The van der Waals surface area contributed by atoms with Gasteiger partial charge in [0.15, 0.2) is 0 Å². The Morgan fingerprint density at radius 3 is 2.60 bits per heavy atom. The minimum Gasteiger partial charge on any atom is -0.497 e. The lowest BCUT2D eigenvalue weighted by molar-refractivity contribution is -0.142. The maximum absolute atomic E-state index is 11.3. The number of ether oxygens (including phenoxy) is 2. The van der Waals surface area contributed by atoms with E-state index in [1.807, 2.05) is 23.9 Å². The van der Waals surface area contributed by atoms with E-state index in [2.05, 4.69) is 34.8 Å². The predicted molar refractivity (Wildman–Crippen MR) is 86.8 cm³/mol. The standard InChI is InChI=1S/C14H21NO3S2/c1-17-12-5-3-11(4-6-12)10-20-8-7-15-13(9-19)14(16)18-2/h3-6,13,15,19H,7-10H2,1-2H3/t13-/m0/s1. The fraction of sp³-hybridized carbons (Fsp3) is 0.500. The van der Waals surface area contributed by atoms with E-state index in [0.29, 0.717) is 5.75 Å². The Bertz CT molecular complexity index is 398. The number of methoxy groups -OCH3 is 2. The molecule has 0 amide bonds. The molecular weight excluding hydrogens is 294 g/mol. The summed E-state index contributed by atoms with van der Waals surface area (Å²) in [6.45, 7) is 0.751. The van der Waals surface area contributed by atoms with Crippen molar-refractivity contribution in [1.29, 1.82) is 0 Å². The molecule has 112 valence electrons. The van der Waals surface area contributed by atoms with Gasteiger partial charge in [0.05, 0.1) is 14.2 Å². The first-order valence-corrected chi connectivity index (χ1v) is 8.12. The van der Waals surface area contributed by atoms with Crippen molar-refractivity contribution in [2.45, 2.75) is 11.8 Å². The van der Waals surface area contributed by atoms with E-state index < -0.39 is 0 Å². The SMILES string of the molecule is COC(=O)[C@H](CS)NCCSCc1ccc(OC)cc1. The van der Waals surface area contributed by atoms with Crippen molar-refractivity contribution in [3.05, 3.63) is 29.8 Å². The highest BCUT2D eigenvalue weighted by molar-refractivity contribution is 7.98. The van der Waals surface area contributed by atoms with Gasteiger partial charge in [-0.1, -0.05) is 12.1 Å². The minimum absolute atomic E-state index is 0.264. The van der Waals surface area contributed by atoms with Crippen LogP contribution >= 0.6 is 24.4 Å². The number of carbonyl (C=O) groups excluding carboxylic acids is 1. The van der Waals surface area contributed by atoms with Gasteiger partial charge in [0, 0.05) is 23.8 Å². The maximum Gasteiger partial charge on any atom is 0.323 e. The van der Waals surface area contributed by atoms with Crippen LogP contribution in [0.4, 0.5) is 0 Å². The molecule has 0 fully saturated rings. The predicted octanol–water partition coefficient (Wildman–Crippen LogP) is 1.99. The Morgan fingerprint density at radius 1 is 1.35 bits per heavy atom. The largest absolute Gasteiger partial charge is 0.497 e. The minimum atomic E-state index is -0.329. The Kier molecular flexibility index (Phi) is 8.57. The van der Waals surface area contributed by atoms with E-state index in [1.54, 1.807) is 7.11 Å². The van der Waals surface area contributed by atoms with Crippen LogP contribution in [0.15, 0.2) is 24.3 Å². The van der Waals surface area contributed by atoms with Crippen molar-refractivity contribution in [3.63, 3.8) is 0 Å². The zero-order chi connectivity index (χ0) is 14.8. The van der Waals surface area contributed by atoms with Crippen LogP contribution in [-0.4, -0.2) is 44.3 Å². The molecule has 0 saturated carbocycles. The molecular formula is C14H21NO3S2. The van der Waals surface area contributed by atoms with Crippen LogP contribution in [0.2, 0.25) is 0 Å². The third-order valence-electron chi connectivity index (χ3n) is 2.73. The molecule has 0 spiro atoms. The zero-order valence-corrected chi connectivity index (χ0v) is 13.5. The Balaban J connectivity index is 2.19. The number of rotatable bonds is 9. The Hall–Kier alpha value is -0.850. The molecule has 1 aromatic rings. The van der Waals surface area contributed by atoms with Gasteiger partial charge in [-0.3, -0.25) is 4.79 Å². The van der Waals surface area contributed by atoms with Crippen LogP contribution in [0.3, 0.4) is 0 Å². The number of esters is 1. The second-order valence-corrected chi connectivity index (χ2v) is 5.58. The number of hydrogen-bond donors (Lipinski definition) is 2. The first-order chi connectivity index (χ1) is 9.71. The van der Waals surface area contributed by atoms with Crippen LogP contribution in [-0.2, 0) is 15.3 Å². The van der Waals surface area contributed by atoms with Crippen molar-refractivity contribution in [1.82, 2.24) is 5.32 Å². The molecule has 0 aromatic heterocycles. The fourth-order valence-electron chi connectivity index (χ4n) is 1.58. The first kappa shape index (κ1) is 17.2. The monoisotopic (exact) mass is 315 g/mol. The fourth-order valence-corrected chi connectivity index (χ4v) is 2.69. The van der Waals surface area contributed by atoms with Gasteiger partial charge < -0.3 is 14.8 Å². The van der Waals surface area contributed by atoms with Crippen molar-refractivity contribution in [2.24, 2.45) is 0 Å². The van der Waals surface area contributed by atoms with E-state index >= 15 is 0 Å². The number of hydrogen-bond acceptors (Lipinski definition) is 6. The molecule has 1 N–H and O–H groups in total. The quantitative estimate of drug-likeness (QED) is 0.415. The number of nitrogens with one attached hydrogen (secondary N) is 1. The Morgan fingerprint density at radius 2 is 2.05 bits per heavy atom. The number of thioether (sulfide) groups is 1. The highest BCUT2D eigenvalue weighted by Crippen LogP contribution is 2.16. The molecule has 20 heavy (non-hydrogen) atoms. The van der Waals surface area contributed by atoms with E-state index in [0.717, 1.165) is 23.8 Å². The smallest absolute Gasteiger partial charge is 0.323 e. The highest BCUT2D eigenvalue weighted by Gasteiger charge is 2.15. The van der Waals surface area contributed by atoms with Gasteiger partial charge in [0.1, 0.15) is 11.8 Å². The lowest BCUT2D eigenvalue weighted by atomic mass is 10.2. The van der Waals surface area contributed by atoms with Gasteiger partial charge in [-0.2, -0.15) is 24.4 Å². The van der Waals surface area contributed by atoms with Crippen LogP contribution in [0.1, 0.15) is 5.56 Å². The molecule has 0 aliphatic rings. The molecule has 0 aliphatic carbocycles. The molecule has 0 radical (unpaired) electrons. The van der Waals surface area contributed by atoms with E-state index in [4.69, 9.17) is 4.74 Å². The van der Waals surface area contributed by atoms with E-state index in [-0.39, 0.29) is 12.0 Å². The van der Waals surface area contributed by atoms with Gasteiger partial charge >= 0.3 is 5.97 Å². The molecule has 0 aliphatic heterocycles. The molecule has 6 heteroatoms. The molecule has 0 bridgehead atoms. The van der Waals surface area contributed by atoms with Crippen LogP contribution < -0.4 is 10.1 Å². The lowest BCUT2D eigenvalue weighted by Crippen LogP contribution is -2.40. The third-order valence-corrected chi connectivity index (χ3v) is 4.13. The topological polar surface area (TPSA) is 47.6 Å². The molecule has 1 rings (SSSR count). The number of thiol groups is 1. The second kappa shape index (κ2) is 9.96. The van der Waals surface area contributed by atoms with Gasteiger partial charge in [0.25, 0.3) is 0 Å². The zero-order valence-electron chi connectivity index (χ0n) is 11.8. The summed E-state index contributed by atoms with van der Waals surface area (Å²) in [5.74, 6) is 2.91. The Labute approximate surface area is 130 Å². The lowest BCUT2D eigenvalue weighted by Gasteiger charge is -2.13. The van der Waals surface area contributed by atoms with Gasteiger partial charge in [-0.15, -0.1) is 0 Å². The van der Waals surface area contributed by atoms with Gasteiger partial charge in [-0.05, 0) is 17.7 Å². The summed E-state index contributed by atoms with van der Waals surface area (Å²) in [5, 5.41) is 3.13. The summed E-state index contributed by atoms with van der Waals surface area (Å²) in [6.07, 6.45) is 0. The van der Waals surface area contributed by atoms with Gasteiger partial charge in [0.2, 0.25) is 0 Å². The van der Waals surface area contributed by atoms with Crippen molar-refractivity contribution >= 4 is 30.4 Å². The normalized spacial score (nSPS) is 11.9. The first-order valence-electron chi connectivity index (χ1n) is 6.34. The van der Waals surface area contributed by atoms with E-state index in [9.17, 15) is 4.79 Å². The summed E-state index contributed by atoms with van der Waals surface area (Å²) >= 11 is 5.94. The van der Waals surface area contributed by atoms with Crippen LogP contribution in [0.25, 0.3) is 0 Å². The summed E-state index contributed by atoms with van der Waals surface area (Å²) in [6, 6.07) is 7.71. The highest BCUT2D eigenvalue weighted by atomic mass is 32.2. The van der Waals surface area contributed by atoms with Crippen LogP contribution in [0.5, 0.6) is 5.75 Å². The van der Waals surface area contributed by atoms with Crippen LogP contribution in [0, 0.1) is 0 Å². The molecule has 4 nitrogen and oxygen atoms in total. The molecule has 0 unspecified atom stereocenters. The van der Waals surface area contributed by atoms with Gasteiger partial charge in [-0.25, -0.2) is 0 Å². The van der Waals surface area contributed by atoms with Crippen molar-refractivity contribution in [2.75, 3.05) is 32.3 Å². The molecule has 1 atom stereocenters. The average molecular weight is 315 g/mol. The number of benzene rings is 1. The summed E-state index contributed by atoms with van der Waals surface area (Å²) in [5.41, 5.74) is 1.26. The number of carbonyl (C=O) groups is 1. The molecule has 0 heterocycles. The van der Waals surface area contributed by atoms with Crippen molar-refractivity contribution < 1.29 is 14.3 Å². The third kappa shape index (κ3) is 6.07. The summed E-state index contributed by atoms with van der Waals surface area (Å²) < 4.78 is 9.80. The summed E-state index contributed by atoms with van der Waals surface area (Å²) in [4.78, 5) is 11.3. The molecule has 0 saturated heterocycles. The second-order valence-electron chi connectivity index (χ2n) is 4.11. The average Bonchev–Trinajstić information content (AvgIpc) is 2.50. The summed E-state index contributed by atoms with van der Waals surface area (Å²) in [7, 11) is 3.05. The van der Waals surface area contributed by atoms with E-state index in [1.165, 1.54) is 12.7 Å². The maximum atomic E-state index is 11.3. The van der Waals surface area contributed by atoms with Crippen molar-refractivity contribution in [3.8, 4) is 5.75 Å². The molecule has 1 aromatic carbocycles.